The minimum Gasteiger partial charge on any atom is -0.370 e. The molecule has 0 amide bonds. The number of H-pyrrole nitrogens is 1. The lowest BCUT2D eigenvalue weighted by Crippen LogP contribution is -2.10. The third-order valence-electron chi connectivity index (χ3n) is 2.12. The highest BCUT2D eigenvalue weighted by Crippen LogP contribution is 2.00. The Labute approximate surface area is 89.1 Å². The Hall–Kier alpha value is -1.36. The molecule has 0 saturated carbocycles. The van der Waals surface area contributed by atoms with Crippen molar-refractivity contribution in [3.8, 4) is 0 Å². The molecule has 1 rings (SSSR count). The van der Waals surface area contributed by atoms with Gasteiger partial charge in [-0.05, 0) is 19.4 Å². The van der Waals surface area contributed by atoms with Crippen molar-refractivity contribution in [3.05, 3.63) is 22.7 Å². The van der Waals surface area contributed by atoms with E-state index in [1.54, 1.807) is 0 Å². The molecule has 0 aliphatic heterocycles. The van der Waals surface area contributed by atoms with Crippen LogP contribution >= 0.6 is 0 Å². The molecule has 1 aromatic rings. The third kappa shape index (κ3) is 5.17. The molecule has 15 heavy (non-hydrogen) atoms. The van der Waals surface area contributed by atoms with Crippen LogP contribution < -0.4 is 16.6 Å². The first kappa shape index (κ1) is 11.7. The topological polar surface area (TPSA) is 83.8 Å². The van der Waals surface area contributed by atoms with Gasteiger partial charge in [0.2, 0.25) is 0 Å². The van der Waals surface area contributed by atoms with Crippen LogP contribution in [0.15, 0.2) is 17.2 Å². The van der Waals surface area contributed by atoms with E-state index in [1.807, 2.05) is 0 Å². The van der Waals surface area contributed by atoms with Crippen molar-refractivity contribution in [2.75, 3.05) is 18.4 Å². The summed E-state index contributed by atoms with van der Waals surface area (Å²) in [6.07, 6.45) is 5.89. The molecule has 5 nitrogen and oxygen atoms in total. The SMILES string of the molecule is NCCCCCCNc1cc(=O)[nH]cn1. The van der Waals surface area contributed by atoms with Gasteiger partial charge in [-0.3, -0.25) is 4.79 Å². The zero-order chi connectivity index (χ0) is 10.9. The molecule has 0 aliphatic carbocycles. The predicted molar refractivity (Wildman–Crippen MR) is 60.9 cm³/mol. The van der Waals surface area contributed by atoms with E-state index < -0.39 is 0 Å². The second-order valence-electron chi connectivity index (χ2n) is 3.43. The molecule has 0 radical (unpaired) electrons. The van der Waals surface area contributed by atoms with Gasteiger partial charge in [0, 0.05) is 12.6 Å². The van der Waals surface area contributed by atoms with Crippen LogP contribution in [0.3, 0.4) is 0 Å². The monoisotopic (exact) mass is 210 g/mol. The molecule has 5 heteroatoms. The maximum Gasteiger partial charge on any atom is 0.252 e. The summed E-state index contributed by atoms with van der Waals surface area (Å²) in [6.45, 7) is 1.62. The van der Waals surface area contributed by atoms with Gasteiger partial charge in [0.05, 0.1) is 6.33 Å². The summed E-state index contributed by atoms with van der Waals surface area (Å²) in [7, 11) is 0. The second-order valence-corrected chi connectivity index (χ2v) is 3.43. The van der Waals surface area contributed by atoms with Gasteiger partial charge in [0.15, 0.2) is 0 Å². The number of nitrogens with two attached hydrogens (primary N) is 1. The average molecular weight is 210 g/mol. The highest BCUT2D eigenvalue weighted by Gasteiger charge is 1.93. The van der Waals surface area contributed by atoms with Crippen LogP contribution in [0.1, 0.15) is 25.7 Å². The Bertz CT molecular complexity index is 323. The van der Waals surface area contributed by atoms with E-state index in [-0.39, 0.29) is 5.56 Å². The summed E-state index contributed by atoms with van der Waals surface area (Å²) in [4.78, 5) is 17.4. The van der Waals surface area contributed by atoms with Gasteiger partial charge < -0.3 is 16.0 Å². The highest BCUT2D eigenvalue weighted by molar-refractivity contribution is 5.31. The van der Waals surface area contributed by atoms with Crippen molar-refractivity contribution in [2.45, 2.75) is 25.7 Å². The van der Waals surface area contributed by atoms with Gasteiger partial charge in [-0.1, -0.05) is 12.8 Å². The molecule has 0 atom stereocenters. The predicted octanol–water partition coefficient (Wildman–Crippen LogP) is 0.701. The van der Waals surface area contributed by atoms with Crippen LogP contribution in [-0.4, -0.2) is 23.1 Å². The fraction of sp³-hybridized carbons (Fsp3) is 0.600. The minimum atomic E-state index is -0.129. The number of rotatable bonds is 7. The van der Waals surface area contributed by atoms with E-state index in [0.29, 0.717) is 5.82 Å². The van der Waals surface area contributed by atoms with Gasteiger partial charge in [0.1, 0.15) is 5.82 Å². The second kappa shape index (κ2) is 7.00. The van der Waals surface area contributed by atoms with Crippen molar-refractivity contribution in [1.82, 2.24) is 9.97 Å². The van der Waals surface area contributed by atoms with Crippen LogP contribution in [0.2, 0.25) is 0 Å². The summed E-state index contributed by atoms with van der Waals surface area (Å²) in [5.41, 5.74) is 5.26. The van der Waals surface area contributed by atoms with Gasteiger partial charge >= 0.3 is 0 Å². The molecule has 4 N–H and O–H groups in total. The van der Waals surface area contributed by atoms with Crippen LogP contribution in [0.25, 0.3) is 0 Å². The smallest absolute Gasteiger partial charge is 0.252 e. The summed E-state index contributed by atoms with van der Waals surface area (Å²) in [5, 5.41) is 3.10. The van der Waals surface area contributed by atoms with Crippen LogP contribution in [0, 0.1) is 0 Å². The lowest BCUT2D eigenvalue weighted by Gasteiger charge is -2.03. The Morgan fingerprint density at radius 3 is 2.87 bits per heavy atom. The number of anilines is 1. The van der Waals surface area contributed by atoms with E-state index in [4.69, 9.17) is 5.73 Å². The molecule has 0 fully saturated rings. The number of hydrogen-bond acceptors (Lipinski definition) is 4. The summed E-state index contributed by atoms with van der Waals surface area (Å²) < 4.78 is 0. The molecule has 84 valence electrons. The average Bonchev–Trinajstić information content (AvgIpc) is 2.23. The molecule has 0 saturated heterocycles. The Morgan fingerprint density at radius 2 is 2.13 bits per heavy atom. The van der Waals surface area contributed by atoms with Crippen LogP contribution in [0.4, 0.5) is 5.82 Å². The van der Waals surface area contributed by atoms with Gasteiger partial charge in [-0.2, -0.15) is 0 Å². The number of nitrogens with zero attached hydrogens (tertiary/aromatic N) is 1. The number of hydrogen-bond donors (Lipinski definition) is 3. The van der Waals surface area contributed by atoms with Crippen molar-refractivity contribution < 1.29 is 0 Å². The van der Waals surface area contributed by atoms with E-state index in [1.165, 1.54) is 18.8 Å². The molecule has 0 spiro atoms. The Balaban J connectivity index is 2.12. The lowest BCUT2D eigenvalue weighted by molar-refractivity contribution is 0.661. The van der Waals surface area contributed by atoms with Crippen molar-refractivity contribution in [3.63, 3.8) is 0 Å². The summed E-state index contributed by atoms with van der Waals surface area (Å²) >= 11 is 0. The normalized spacial score (nSPS) is 10.2. The van der Waals surface area contributed by atoms with Crippen LogP contribution in [-0.2, 0) is 0 Å². The molecule has 0 bridgehead atoms. The molecule has 1 aromatic heterocycles. The minimum absolute atomic E-state index is 0.129. The Morgan fingerprint density at radius 1 is 1.33 bits per heavy atom. The zero-order valence-electron chi connectivity index (χ0n) is 8.83. The molecule has 0 aliphatic rings. The van der Waals surface area contributed by atoms with E-state index >= 15 is 0 Å². The first-order valence-corrected chi connectivity index (χ1v) is 5.31. The summed E-state index contributed by atoms with van der Waals surface area (Å²) in [5.74, 6) is 0.637. The van der Waals surface area contributed by atoms with Gasteiger partial charge in [0.25, 0.3) is 5.56 Å². The van der Waals surface area contributed by atoms with E-state index in [0.717, 1.165) is 32.4 Å². The molecule has 0 unspecified atom stereocenters. The first-order chi connectivity index (χ1) is 7.33. The molecule has 0 aromatic carbocycles. The lowest BCUT2D eigenvalue weighted by atomic mass is 10.2. The van der Waals surface area contributed by atoms with Crippen molar-refractivity contribution >= 4 is 5.82 Å². The van der Waals surface area contributed by atoms with E-state index in [2.05, 4.69) is 15.3 Å². The van der Waals surface area contributed by atoms with Crippen LogP contribution in [0.5, 0.6) is 0 Å². The van der Waals surface area contributed by atoms with Crippen molar-refractivity contribution in [2.24, 2.45) is 5.73 Å². The fourth-order valence-corrected chi connectivity index (χ4v) is 1.30. The maximum absolute atomic E-state index is 10.9. The quantitative estimate of drug-likeness (QED) is 0.578. The number of aromatic amines is 1. The number of unbranched alkanes of at least 4 members (excludes halogenated alkanes) is 3. The largest absolute Gasteiger partial charge is 0.370 e. The number of aromatic nitrogens is 2. The molecular weight excluding hydrogens is 192 g/mol. The Kier molecular flexibility index (Phi) is 5.47. The maximum atomic E-state index is 10.9. The van der Waals surface area contributed by atoms with E-state index in [9.17, 15) is 4.79 Å². The highest BCUT2D eigenvalue weighted by atomic mass is 16.1. The molecular formula is C10H18N4O. The van der Waals surface area contributed by atoms with Gasteiger partial charge in [-0.15, -0.1) is 0 Å². The number of nitrogens with one attached hydrogen (secondary N) is 2. The summed E-state index contributed by atoms with van der Waals surface area (Å²) in [6, 6.07) is 1.46. The van der Waals surface area contributed by atoms with Gasteiger partial charge in [-0.25, -0.2) is 4.98 Å². The third-order valence-corrected chi connectivity index (χ3v) is 2.12. The first-order valence-electron chi connectivity index (χ1n) is 5.31. The molecule has 1 heterocycles. The fourth-order valence-electron chi connectivity index (χ4n) is 1.30. The van der Waals surface area contributed by atoms with Crippen molar-refractivity contribution in [1.29, 1.82) is 0 Å². The standard InChI is InChI=1S/C10H18N4O/c11-5-3-1-2-4-6-12-9-7-10(15)14-8-13-9/h7-8H,1-6,11H2,(H2,12,13,14,15). The zero-order valence-corrected chi connectivity index (χ0v) is 8.83.